The number of benzene rings is 2. The minimum absolute atomic E-state index is 0.240. The molecule has 3 rings (SSSR count). The number of anilines is 1. The van der Waals surface area contributed by atoms with Crippen LogP contribution >= 0.6 is 11.6 Å². The standard InChI is InChI=1S/C16H15ClFN/c17-14-6-3-7-15(18)16(14)19-13-9-8-11-4-1-2-5-12(11)10-13/h1-7,13,19H,8-10H2. The molecule has 1 nitrogen and oxygen atoms in total. The number of hydrogen-bond donors (Lipinski definition) is 1. The SMILES string of the molecule is Fc1cccc(Cl)c1NC1CCc2ccccc2C1. The van der Waals surface area contributed by atoms with Gasteiger partial charge in [-0.25, -0.2) is 4.39 Å². The lowest BCUT2D eigenvalue weighted by atomic mass is 9.88. The van der Waals surface area contributed by atoms with Gasteiger partial charge < -0.3 is 5.32 Å². The molecule has 0 aliphatic heterocycles. The third-order valence-corrected chi connectivity index (χ3v) is 3.97. The van der Waals surface area contributed by atoms with Gasteiger partial charge in [0.15, 0.2) is 0 Å². The van der Waals surface area contributed by atoms with E-state index in [-0.39, 0.29) is 11.9 Å². The Labute approximate surface area is 117 Å². The van der Waals surface area contributed by atoms with E-state index in [1.54, 1.807) is 12.1 Å². The van der Waals surface area contributed by atoms with Crippen molar-refractivity contribution >= 4 is 17.3 Å². The Kier molecular flexibility index (Phi) is 3.43. The van der Waals surface area contributed by atoms with Crippen LogP contribution in [0.5, 0.6) is 0 Å². The number of fused-ring (bicyclic) bond motifs is 1. The second-order valence-electron chi connectivity index (χ2n) is 4.95. The van der Waals surface area contributed by atoms with Crippen LogP contribution in [0.4, 0.5) is 10.1 Å². The third-order valence-electron chi connectivity index (χ3n) is 3.66. The number of hydrogen-bond acceptors (Lipinski definition) is 1. The van der Waals surface area contributed by atoms with Gasteiger partial charge in [0.2, 0.25) is 0 Å². The molecule has 1 aliphatic carbocycles. The van der Waals surface area contributed by atoms with Gasteiger partial charge in [-0.15, -0.1) is 0 Å². The molecule has 0 amide bonds. The van der Waals surface area contributed by atoms with Crippen molar-refractivity contribution in [1.82, 2.24) is 0 Å². The summed E-state index contributed by atoms with van der Waals surface area (Å²) in [6.07, 6.45) is 2.95. The second kappa shape index (κ2) is 5.22. The molecule has 0 aromatic heterocycles. The van der Waals surface area contributed by atoms with Gasteiger partial charge in [-0.05, 0) is 42.5 Å². The van der Waals surface area contributed by atoms with E-state index in [0.29, 0.717) is 10.7 Å². The Bertz CT molecular complexity index is 577. The first-order valence-corrected chi connectivity index (χ1v) is 6.89. The van der Waals surface area contributed by atoms with E-state index < -0.39 is 0 Å². The normalized spacial score (nSPS) is 17.9. The van der Waals surface area contributed by atoms with E-state index in [9.17, 15) is 4.39 Å². The summed E-state index contributed by atoms with van der Waals surface area (Å²) in [5.41, 5.74) is 3.17. The van der Waals surface area contributed by atoms with Gasteiger partial charge in [0.1, 0.15) is 5.82 Å². The first kappa shape index (κ1) is 12.5. The molecule has 1 N–H and O–H groups in total. The Morgan fingerprint density at radius 3 is 2.63 bits per heavy atom. The fraction of sp³-hybridized carbons (Fsp3) is 0.250. The van der Waals surface area contributed by atoms with Crippen molar-refractivity contribution in [3.05, 3.63) is 64.4 Å². The Balaban J connectivity index is 1.79. The molecule has 0 fully saturated rings. The summed E-state index contributed by atoms with van der Waals surface area (Å²) in [4.78, 5) is 0. The first-order chi connectivity index (χ1) is 9.24. The fourth-order valence-corrected chi connectivity index (χ4v) is 2.88. The molecular formula is C16H15ClFN. The summed E-state index contributed by atoms with van der Waals surface area (Å²) < 4.78 is 13.8. The molecule has 3 heteroatoms. The summed E-state index contributed by atoms with van der Waals surface area (Å²) in [5, 5.41) is 3.69. The van der Waals surface area contributed by atoms with E-state index in [1.807, 2.05) is 0 Å². The van der Waals surface area contributed by atoms with Gasteiger partial charge in [-0.1, -0.05) is 41.9 Å². The number of halogens is 2. The minimum atomic E-state index is -0.286. The van der Waals surface area contributed by atoms with Gasteiger partial charge in [0, 0.05) is 6.04 Å². The van der Waals surface area contributed by atoms with Gasteiger partial charge in [0.25, 0.3) is 0 Å². The predicted octanol–water partition coefficient (Wildman–Crippen LogP) is 4.45. The van der Waals surface area contributed by atoms with E-state index in [4.69, 9.17) is 11.6 Å². The van der Waals surface area contributed by atoms with Crippen LogP contribution in [-0.4, -0.2) is 6.04 Å². The highest BCUT2D eigenvalue weighted by Crippen LogP contribution is 2.29. The van der Waals surface area contributed by atoms with Crippen molar-refractivity contribution in [2.75, 3.05) is 5.32 Å². The number of para-hydroxylation sites is 1. The number of aryl methyl sites for hydroxylation is 1. The Morgan fingerprint density at radius 2 is 1.84 bits per heavy atom. The van der Waals surface area contributed by atoms with E-state index >= 15 is 0 Å². The van der Waals surface area contributed by atoms with Crippen molar-refractivity contribution in [3.63, 3.8) is 0 Å². The molecule has 2 aromatic rings. The quantitative estimate of drug-likeness (QED) is 0.854. The van der Waals surface area contributed by atoms with Crippen LogP contribution in [0.1, 0.15) is 17.5 Å². The molecule has 0 heterocycles. The highest BCUT2D eigenvalue weighted by atomic mass is 35.5. The van der Waals surface area contributed by atoms with E-state index in [1.165, 1.54) is 17.2 Å². The second-order valence-corrected chi connectivity index (χ2v) is 5.36. The van der Waals surface area contributed by atoms with Crippen molar-refractivity contribution in [2.24, 2.45) is 0 Å². The highest BCUT2D eigenvalue weighted by molar-refractivity contribution is 6.33. The van der Waals surface area contributed by atoms with E-state index in [2.05, 4.69) is 29.6 Å². The monoisotopic (exact) mass is 275 g/mol. The van der Waals surface area contributed by atoms with Gasteiger partial charge in [0.05, 0.1) is 10.7 Å². The minimum Gasteiger partial charge on any atom is -0.378 e. The molecular weight excluding hydrogens is 261 g/mol. The molecule has 0 saturated heterocycles. The zero-order valence-electron chi connectivity index (χ0n) is 10.5. The van der Waals surface area contributed by atoms with Crippen LogP contribution in [0.2, 0.25) is 5.02 Å². The maximum absolute atomic E-state index is 13.8. The predicted molar refractivity (Wildman–Crippen MR) is 77.3 cm³/mol. The van der Waals surface area contributed by atoms with Crippen molar-refractivity contribution in [2.45, 2.75) is 25.3 Å². The fourth-order valence-electron chi connectivity index (χ4n) is 2.66. The molecule has 19 heavy (non-hydrogen) atoms. The molecule has 2 aromatic carbocycles. The number of rotatable bonds is 2. The summed E-state index contributed by atoms with van der Waals surface area (Å²) in [7, 11) is 0. The van der Waals surface area contributed by atoms with Crippen LogP contribution in [0.3, 0.4) is 0 Å². The smallest absolute Gasteiger partial charge is 0.147 e. The number of nitrogens with one attached hydrogen (secondary N) is 1. The zero-order valence-corrected chi connectivity index (χ0v) is 11.3. The van der Waals surface area contributed by atoms with Crippen LogP contribution in [0.25, 0.3) is 0 Å². The summed E-state index contributed by atoms with van der Waals surface area (Å²) >= 11 is 6.05. The Morgan fingerprint density at radius 1 is 1.05 bits per heavy atom. The van der Waals surface area contributed by atoms with Gasteiger partial charge in [-0.3, -0.25) is 0 Å². The average molecular weight is 276 g/mol. The largest absolute Gasteiger partial charge is 0.378 e. The van der Waals surface area contributed by atoms with Crippen molar-refractivity contribution in [1.29, 1.82) is 0 Å². The molecule has 98 valence electrons. The summed E-state index contributed by atoms with van der Waals surface area (Å²) in [5.74, 6) is -0.286. The maximum Gasteiger partial charge on any atom is 0.147 e. The molecule has 0 radical (unpaired) electrons. The third kappa shape index (κ3) is 2.59. The van der Waals surface area contributed by atoms with Crippen LogP contribution in [-0.2, 0) is 12.8 Å². The Hall–Kier alpha value is -1.54. The van der Waals surface area contributed by atoms with Gasteiger partial charge >= 0.3 is 0 Å². The van der Waals surface area contributed by atoms with Crippen molar-refractivity contribution in [3.8, 4) is 0 Å². The molecule has 1 aliphatic rings. The maximum atomic E-state index is 13.8. The lowest BCUT2D eigenvalue weighted by Crippen LogP contribution is -2.27. The van der Waals surface area contributed by atoms with Crippen LogP contribution in [0, 0.1) is 5.82 Å². The lowest BCUT2D eigenvalue weighted by Gasteiger charge is -2.26. The van der Waals surface area contributed by atoms with E-state index in [0.717, 1.165) is 19.3 Å². The summed E-state index contributed by atoms with van der Waals surface area (Å²) in [6, 6.07) is 13.4. The molecule has 0 spiro atoms. The molecule has 1 atom stereocenters. The molecule has 0 saturated carbocycles. The van der Waals surface area contributed by atoms with Crippen molar-refractivity contribution < 1.29 is 4.39 Å². The molecule has 0 bridgehead atoms. The lowest BCUT2D eigenvalue weighted by molar-refractivity contribution is 0.592. The first-order valence-electron chi connectivity index (χ1n) is 6.51. The highest BCUT2D eigenvalue weighted by Gasteiger charge is 2.19. The average Bonchev–Trinajstić information content (AvgIpc) is 2.43. The molecule has 1 unspecified atom stereocenters. The van der Waals surface area contributed by atoms with Crippen LogP contribution < -0.4 is 5.32 Å². The summed E-state index contributed by atoms with van der Waals surface area (Å²) in [6.45, 7) is 0. The van der Waals surface area contributed by atoms with Gasteiger partial charge in [-0.2, -0.15) is 0 Å². The van der Waals surface area contributed by atoms with Crippen LogP contribution in [0.15, 0.2) is 42.5 Å². The zero-order chi connectivity index (χ0) is 13.2. The topological polar surface area (TPSA) is 12.0 Å².